The zero-order chi connectivity index (χ0) is 40.1. The third kappa shape index (κ3) is 12.8. The summed E-state index contributed by atoms with van der Waals surface area (Å²) in [6, 6.07) is 27.4. The number of aliphatic hydroxyl groups excluding tert-OH is 2. The van der Waals surface area contributed by atoms with Gasteiger partial charge in [-0.25, -0.2) is 0 Å². The lowest BCUT2D eigenvalue weighted by Crippen LogP contribution is -2.43. The van der Waals surface area contributed by atoms with Crippen LogP contribution in [0.25, 0.3) is 0 Å². The highest BCUT2D eigenvalue weighted by Crippen LogP contribution is 2.25. The number of para-hydroxylation sites is 2. The number of β-amino-alcohol motifs (C(OH)–C–C–N with tert-alkyl or cyclic N) is 2. The average molecular weight is 821 g/mol. The molecular weight excluding hydrogens is 769 g/mol. The molecule has 3 N–H and O–H groups in total. The van der Waals surface area contributed by atoms with Crippen LogP contribution in [0.4, 0.5) is 0 Å². The first-order valence-electron chi connectivity index (χ1n) is 19.5. The van der Waals surface area contributed by atoms with Crippen molar-refractivity contribution < 1.29 is 38.7 Å². The van der Waals surface area contributed by atoms with Gasteiger partial charge in [0.1, 0.15) is 60.6 Å². The van der Waals surface area contributed by atoms with E-state index in [1.807, 2.05) is 48.5 Å². The highest BCUT2D eigenvalue weighted by atomic mass is 35.5. The standard InChI is InChI=1S/C44H51Cl2N3O8/c1-30(43(52)39-6-2-4-8-41(39)54-28-33(50)26-48-22-18-37(19-23-48)56-35-14-10-31(45)11-15-35)47-44(53)40-7-3-5-9-42(40)55-29-34(51)27-49-24-20-38(21-25-49)57-36-16-12-32(46)13-17-36/h2-17,30,33-34,37-38,50-51H,18-29H2,1H3,(H,47,53). The van der Waals surface area contributed by atoms with Crippen molar-refractivity contribution >= 4 is 34.9 Å². The summed E-state index contributed by atoms with van der Waals surface area (Å²) < 4.78 is 24.1. The highest BCUT2D eigenvalue weighted by Gasteiger charge is 2.26. The second-order valence-electron chi connectivity index (χ2n) is 14.6. The first-order chi connectivity index (χ1) is 27.6. The minimum absolute atomic E-state index is 0.000178. The number of Topliss-reactive ketones (excluding diaryl/α,β-unsaturated/α-hetero) is 1. The fourth-order valence-electron chi connectivity index (χ4n) is 7.05. The molecule has 3 atom stereocenters. The number of ether oxygens (including phenoxy) is 4. The summed E-state index contributed by atoms with van der Waals surface area (Å²) in [6.45, 7) is 5.56. The predicted octanol–water partition coefficient (Wildman–Crippen LogP) is 6.56. The van der Waals surface area contributed by atoms with Gasteiger partial charge < -0.3 is 44.3 Å². The summed E-state index contributed by atoms with van der Waals surface area (Å²) in [5.41, 5.74) is 0.545. The third-order valence-electron chi connectivity index (χ3n) is 10.1. The van der Waals surface area contributed by atoms with Crippen molar-refractivity contribution in [3.05, 3.63) is 118 Å². The van der Waals surface area contributed by atoms with Crippen LogP contribution in [-0.2, 0) is 0 Å². The zero-order valence-electron chi connectivity index (χ0n) is 32.1. The molecule has 2 aliphatic heterocycles. The van der Waals surface area contributed by atoms with Gasteiger partial charge in [-0.1, -0.05) is 47.5 Å². The maximum Gasteiger partial charge on any atom is 0.255 e. The second kappa shape index (κ2) is 20.9. The van der Waals surface area contributed by atoms with Crippen LogP contribution >= 0.6 is 23.2 Å². The van der Waals surface area contributed by atoms with Gasteiger partial charge >= 0.3 is 0 Å². The van der Waals surface area contributed by atoms with E-state index in [9.17, 15) is 19.8 Å². The number of likely N-dealkylation sites (tertiary alicyclic amines) is 2. The summed E-state index contributed by atoms with van der Waals surface area (Å²) in [7, 11) is 0. The number of piperidine rings is 2. The Balaban J connectivity index is 0.927. The molecule has 2 saturated heterocycles. The predicted molar refractivity (Wildman–Crippen MR) is 220 cm³/mol. The molecule has 1 amide bonds. The Labute approximate surface area is 344 Å². The Bertz CT molecular complexity index is 1880. The zero-order valence-corrected chi connectivity index (χ0v) is 33.6. The molecule has 3 unspecified atom stereocenters. The van der Waals surface area contributed by atoms with E-state index in [2.05, 4.69) is 15.1 Å². The van der Waals surface area contributed by atoms with Gasteiger partial charge in [0.25, 0.3) is 5.91 Å². The maximum absolute atomic E-state index is 13.6. The molecular formula is C44H51Cl2N3O8. The van der Waals surface area contributed by atoms with Gasteiger partial charge in [-0.15, -0.1) is 0 Å². The van der Waals surface area contributed by atoms with Crippen LogP contribution in [0, 0.1) is 0 Å². The smallest absolute Gasteiger partial charge is 0.255 e. The SMILES string of the molecule is CC(NC(=O)c1ccccc1OCC(O)CN1CCC(Oc2ccc(Cl)cc2)CC1)C(=O)c1ccccc1OCC(O)CN1CCC(Oc2ccc(Cl)cc2)CC1. The highest BCUT2D eigenvalue weighted by molar-refractivity contribution is 6.30. The number of nitrogens with one attached hydrogen (secondary N) is 1. The van der Waals surface area contributed by atoms with Crippen molar-refractivity contribution in [2.75, 3.05) is 52.5 Å². The number of hydrogen-bond donors (Lipinski definition) is 3. The fourth-order valence-corrected chi connectivity index (χ4v) is 7.31. The quantitative estimate of drug-likeness (QED) is 0.0950. The number of ketones is 1. The molecule has 2 aliphatic rings. The number of carbonyl (C=O) groups excluding carboxylic acids is 2. The van der Waals surface area contributed by atoms with E-state index < -0.39 is 24.2 Å². The van der Waals surface area contributed by atoms with Crippen LogP contribution in [0.5, 0.6) is 23.0 Å². The lowest BCUT2D eigenvalue weighted by atomic mass is 10.0. The van der Waals surface area contributed by atoms with Gasteiger partial charge in [-0.05, 0) is 105 Å². The monoisotopic (exact) mass is 819 g/mol. The summed E-state index contributed by atoms with van der Waals surface area (Å²) in [5, 5.41) is 25.8. The van der Waals surface area contributed by atoms with E-state index in [1.54, 1.807) is 55.5 Å². The van der Waals surface area contributed by atoms with Crippen molar-refractivity contribution in [1.82, 2.24) is 15.1 Å². The molecule has 0 bridgehead atoms. The molecule has 11 nitrogen and oxygen atoms in total. The number of amides is 1. The first kappa shape index (κ1) is 42.3. The molecule has 2 fully saturated rings. The number of carbonyl (C=O) groups is 2. The molecule has 0 radical (unpaired) electrons. The number of aliphatic hydroxyl groups is 2. The molecule has 0 spiro atoms. The molecule has 0 saturated carbocycles. The lowest BCUT2D eigenvalue weighted by Gasteiger charge is -2.33. The largest absolute Gasteiger partial charge is 0.490 e. The van der Waals surface area contributed by atoms with Gasteiger partial charge in [-0.3, -0.25) is 9.59 Å². The van der Waals surface area contributed by atoms with Crippen LogP contribution in [0.2, 0.25) is 10.0 Å². The van der Waals surface area contributed by atoms with Gasteiger partial charge in [-0.2, -0.15) is 0 Å². The summed E-state index contributed by atoms with van der Waals surface area (Å²) in [5.74, 6) is 1.39. The van der Waals surface area contributed by atoms with Gasteiger partial charge in [0, 0.05) is 49.3 Å². The van der Waals surface area contributed by atoms with Crippen LogP contribution in [0.15, 0.2) is 97.1 Å². The van der Waals surface area contributed by atoms with Crippen molar-refractivity contribution in [3.8, 4) is 23.0 Å². The fraction of sp³-hybridized carbons (Fsp3) is 0.409. The first-order valence-corrected chi connectivity index (χ1v) is 20.3. The molecule has 0 aliphatic carbocycles. The molecule has 304 valence electrons. The number of nitrogens with zero attached hydrogens (tertiary/aromatic N) is 2. The minimum atomic E-state index is -0.895. The van der Waals surface area contributed by atoms with Crippen molar-refractivity contribution in [3.63, 3.8) is 0 Å². The Morgan fingerprint density at radius 2 is 1.05 bits per heavy atom. The van der Waals surface area contributed by atoms with Crippen LogP contribution in [-0.4, -0.2) is 115 Å². The summed E-state index contributed by atoms with van der Waals surface area (Å²) in [6.07, 6.45) is 1.96. The Morgan fingerprint density at radius 3 is 1.51 bits per heavy atom. The molecule has 57 heavy (non-hydrogen) atoms. The average Bonchev–Trinajstić information content (AvgIpc) is 3.22. The normalized spacial score (nSPS) is 17.3. The number of rotatable bonds is 18. The van der Waals surface area contributed by atoms with E-state index in [0.717, 1.165) is 63.4 Å². The summed E-state index contributed by atoms with van der Waals surface area (Å²) in [4.78, 5) is 31.4. The van der Waals surface area contributed by atoms with Gasteiger partial charge in [0.05, 0.1) is 17.2 Å². The lowest BCUT2D eigenvalue weighted by molar-refractivity contribution is 0.0398. The van der Waals surface area contributed by atoms with E-state index in [4.69, 9.17) is 42.1 Å². The Hall–Kier alpha value is -4.36. The van der Waals surface area contributed by atoms with Gasteiger partial charge in [0.15, 0.2) is 5.78 Å². The Morgan fingerprint density at radius 1 is 0.649 bits per heavy atom. The second-order valence-corrected chi connectivity index (χ2v) is 15.5. The van der Waals surface area contributed by atoms with Crippen molar-refractivity contribution in [2.24, 2.45) is 0 Å². The van der Waals surface area contributed by atoms with Crippen LogP contribution in [0.3, 0.4) is 0 Å². The maximum atomic E-state index is 13.6. The number of benzene rings is 4. The van der Waals surface area contributed by atoms with E-state index >= 15 is 0 Å². The Kier molecular flexibility index (Phi) is 15.5. The molecule has 2 heterocycles. The van der Waals surface area contributed by atoms with Crippen molar-refractivity contribution in [2.45, 2.75) is 63.1 Å². The molecule has 4 aromatic rings. The molecule has 0 aromatic heterocycles. The van der Waals surface area contributed by atoms with E-state index in [-0.39, 0.29) is 36.8 Å². The minimum Gasteiger partial charge on any atom is -0.490 e. The summed E-state index contributed by atoms with van der Waals surface area (Å²) >= 11 is 12.0. The van der Waals surface area contributed by atoms with E-state index in [0.29, 0.717) is 40.2 Å². The molecule has 6 rings (SSSR count). The number of hydrogen-bond acceptors (Lipinski definition) is 10. The third-order valence-corrected chi connectivity index (χ3v) is 10.6. The van der Waals surface area contributed by atoms with Crippen LogP contribution in [0.1, 0.15) is 53.3 Å². The number of halogens is 2. The molecule has 13 heteroatoms. The topological polar surface area (TPSA) is 130 Å². The van der Waals surface area contributed by atoms with Crippen molar-refractivity contribution in [1.29, 1.82) is 0 Å². The van der Waals surface area contributed by atoms with Gasteiger partial charge in [0.2, 0.25) is 0 Å². The van der Waals surface area contributed by atoms with Crippen LogP contribution < -0.4 is 24.3 Å². The van der Waals surface area contributed by atoms with E-state index in [1.165, 1.54) is 0 Å². The molecule has 4 aromatic carbocycles.